The average Bonchev–Trinajstić information content (AvgIpc) is 2.89. The Morgan fingerprint density at radius 2 is 1.84 bits per heavy atom. The van der Waals surface area contributed by atoms with Crippen molar-refractivity contribution in [3.63, 3.8) is 0 Å². The van der Waals surface area contributed by atoms with E-state index in [1.807, 2.05) is 55.2 Å². The molecule has 0 saturated carbocycles. The quantitative estimate of drug-likeness (QED) is 0.538. The highest BCUT2D eigenvalue weighted by atomic mass is 35.5. The SMILES string of the molecule is Cc1cc(Cl)ccc1/N=N/c1cnn(Cc2cc[n+](C)cc2)c1N.[Cl-]. The summed E-state index contributed by atoms with van der Waals surface area (Å²) in [5, 5.41) is 13.4. The zero-order valence-electron chi connectivity index (χ0n) is 13.9. The number of rotatable bonds is 4. The summed E-state index contributed by atoms with van der Waals surface area (Å²) in [4.78, 5) is 0. The molecule has 2 N–H and O–H groups in total. The Morgan fingerprint density at radius 1 is 1.16 bits per heavy atom. The lowest BCUT2D eigenvalue weighted by Crippen LogP contribution is -3.00. The van der Waals surface area contributed by atoms with Gasteiger partial charge in [0.15, 0.2) is 12.4 Å². The standard InChI is InChI=1S/C17H18ClN6.ClH/c1-12-9-14(18)3-4-15(12)21-22-16-10-20-24(17(16)19)11-13-5-7-23(2)8-6-13;/h3-10H,11,19H2,1-2H3;1H/q+1;/p-1/b22-21+;. The van der Waals surface area contributed by atoms with Gasteiger partial charge in [0.1, 0.15) is 18.6 Å². The molecule has 0 atom stereocenters. The van der Waals surface area contributed by atoms with E-state index in [-0.39, 0.29) is 12.4 Å². The highest BCUT2D eigenvalue weighted by molar-refractivity contribution is 6.30. The van der Waals surface area contributed by atoms with Crippen molar-refractivity contribution in [1.82, 2.24) is 9.78 Å². The maximum atomic E-state index is 6.13. The van der Waals surface area contributed by atoms with Gasteiger partial charge in [0.2, 0.25) is 0 Å². The summed E-state index contributed by atoms with van der Waals surface area (Å²) in [6.07, 6.45) is 5.59. The van der Waals surface area contributed by atoms with Gasteiger partial charge in [-0.15, -0.1) is 5.11 Å². The lowest BCUT2D eigenvalue weighted by atomic mass is 10.2. The predicted molar refractivity (Wildman–Crippen MR) is 93.7 cm³/mol. The monoisotopic (exact) mass is 376 g/mol. The molecule has 8 heteroatoms. The molecule has 2 heterocycles. The van der Waals surface area contributed by atoms with E-state index in [0.29, 0.717) is 23.1 Å². The molecule has 3 aromatic rings. The fraction of sp³-hybridized carbons (Fsp3) is 0.176. The summed E-state index contributed by atoms with van der Waals surface area (Å²) in [6.45, 7) is 2.52. The third-order valence-electron chi connectivity index (χ3n) is 3.66. The van der Waals surface area contributed by atoms with Crippen LogP contribution in [0.25, 0.3) is 0 Å². The number of aryl methyl sites for hydroxylation is 2. The molecule has 0 amide bonds. The maximum Gasteiger partial charge on any atom is 0.168 e. The van der Waals surface area contributed by atoms with Crippen LogP contribution in [0, 0.1) is 6.92 Å². The van der Waals surface area contributed by atoms with Crippen molar-refractivity contribution >= 4 is 28.8 Å². The van der Waals surface area contributed by atoms with Crippen molar-refractivity contribution in [3.05, 3.63) is 65.1 Å². The van der Waals surface area contributed by atoms with Crippen molar-refractivity contribution in [3.8, 4) is 0 Å². The van der Waals surface area contributed by atoms with E-state index >= 15 is 0 Å². The molecule has 1 aromatic carbocycles. The number of nitrogens with zero attached hydrogens (tertiary/aromatic N) is 5. The molecule has 2 aromatic heterocycles. The first kappa shape index (κ1) is 18.9. The molecule has 0 saturated heterocycles. The van der Waals surface area contributed by atoms with Crippen LogP contribution in [0.2, 0.25) is 5.02 Å². The largest absolute Gasteiger partial charge is 1.00 e. The molecule has 0 unspecified atom stereocenters. The van der Waals surface area contributed by atoms with Crippen molar-refractivity contribution in [2.75, 3.05) is 5.73 Å². The van der Waals surface area contributed by atoms with Crippen LogP contribution in [0.3, 0.4) is 0 Å². The summed E-state index contributed by atoms with van der Waals surface area (Å²) < 4.78 is 3.68. The first-order chi connectivity index (χ1) is 11.5. The van der Waals surface area contributed by atoms with Gasteiger partial charge in [-0.2, -0.15) is 10.2 Å². The molecule has 0 aliphatic carbocycles. The second kappa shape index (κ2) is 8.09. The highest BCUT2D eigenvalue weighted by Gasteiger charge is 2.08. The predicted octanol–water partition coefficient (Wildman–Crippen LogP) is 0.719. The number of benzene rings is 1. The Hall–Kier alpha value is -2.44. The molecule has 3 rings (SSSR count). The topological polar surface area (TPSA) is 72.4 Å². The van der Waals surface area contributed by atoms with Crippen LogP contribution in [0.4, 0.5) is 17.2 Å². The molecule has 0 bridgehead atoms. The van der Waals surface area contributed by atoms with E-state index in [2.05, 4.69) is 15.3 Å². The minimum Gasteiger partial charge on any atom is -1.00 e. The maximum absolute atomic E-state index is 6.13. The minimum absolute atomic E-state index is 0. The second-order valence-electron chi connectivity index (χ2n) is 5.58. The van der Waals surface area contributed by atoms with Crippen LogP contribution in [0.15, 0.2) is 59.2 Å². The number of azo groups is 1. The molecule has 0 aliphatic heterocycles. The van der Waals surface area contributed by atoms with Gasteiger partial charge in [-0.05, 0) is 36.2 Å². The third kappa shape index (κ3) is 4.55. The van der Waals surface area contributed by atoms with Gasteiger partial charge in [-0.3, -0.25) is 0 Å². The molecule has 6 nitrogen and oxygen atoms in total. The normalized spacial score (nSPS) is 10.8. The summed E-state index contributed by atoms with van der Waals surface area (Å²) >= 11 is 5.94. The number of nitrogen functional groups attached to an aromatic ring is 1. The Balaban J connectivity index is 0.00000225. The van der Waals surface area contributed by atoms with Crippen molar-refractivity contribution in [2.45, 2.75) is 13.5 Å². The molecule has 0 spiro atoms. The van der Waals surface area contributed by atoms with Crippen LogP contribution < -0.4 is 22.7 Å². The number of pyridine rings is 1. The van der Waals surface area contributed by atoms with Gasteiger partial charge >= 0.3 is 0 Å². The number of anilines is 1. The number of aromatic nitrogens is 3. The molecule has 25 heavy (non-hydrogen) atoms. The van der Waals surface area contributed by atoms with Crippen molar-refractivity contribution in [2.24, 2.45) is 17.3 Å². The van der Waals surface area contributed by atoms with Crippen molar-refractivity contribution in [1.29, 1.82) is 0 Å². The Bertz CT molecular complexity index is 887. The van der Waals surface area contributed by atoms with Gasteiger partial charge in [-0.1, -0.05) is 11.6 Å². The number of hydrogen-bond acceptors (Lipinski definition) is 4. The van der Waals surface area contributed by atoms with E-state index in [1.54, 1.807) is 16.9 Å². The fourth-order valence-electron chi connectivity index (χ4n) is 2.24. The van der Waals surface area contributed by atoms with Gasteiger partial charge < -0.3 is 18.1 Å². The van der Waals surface area contributed by atoms with E-state index in [4.69, 9.17) is 17.3 Å². The first-order valence-electron chi connectivity index (χ1n) is 7.46. The molecular weight excluding hydrogens is 359 g/mol. The molecule has 130 valence electrons. The summed E-state index contributed by atoms with van der Waals surface area (Å²) in [6, 6.07) is 9.51. The lowest BCUT2D eigenvalue weighted by molar-refractivity contribution is -0.671. The van der Waals surface area contributed by atoms with Crippen LogP contribution in [0.1, 0.15) is 11.1 Å². The third-order valence-corrected chi connectivity index (χ3v) is 3.90. The Kier molecular flexibility index (Phi) is 6.12. The summed E-state index contributed by atoms with van der Waals surface area (Å²) in [5.74, 6) is 0.485. The van der Waals surface area contributed by atoms with E-state index in [9.17, 15) is 0 Å². The minimum atomic E-state index is 0. The van der Waals surface area contributed by atoms with Gasteiger partial charge in [0.25, 0.3) is 0 Å². The van der Waals surface area contributed by atoms with Crippen LogP contribution in [-0.2, 0) is 13.6 Å². The van der Waals surface area contributed by atoms with E-state index in [1.165, 1.54) is 0 Å². The molecule has 0 aliphatic rings. The molecule has 0 radical (unpaired) electrons. The van der Waals surface area contributed by atoms with E-state index in [0.717, 1.165) is 16.8 Å². The number of halogens is 2. The summed E-state index contributed by atoms with van der Waals surface area (Å²) in [5.41, 5.74) is 9.49. The lowest BCUT2D eigenvalue weighted by Gasteiger charge is -2.03. The molecule has 0 fully saturated rings. The zero-order valence-corrected chi connectivity index (χ0v) is 15.4. The average molecular weight is 377 g/mol. The van der Waals surface area contributed by atoms with Gasteiger partial charge in [0.05, 0.1) is 18.4 Å². The van der Waals surface area contributed by atoms with E-state index < -0.39 is 0 Å². The van der Waals surface area contributed by atoms with Crippen LogP contribution in [0.5, 0.6) is 0 Å². The fourth-order valence-corrected chi connectivity index (χ4v) is 2.46. The van der Waals surface area contributed by atoms with Gasteiger partial charge in [-0.25, -0.2) is 9.25 Å². The highest BCUT2D eigenvalue weighted by Crippen LogP contribution is 2.27. The first-order valence-corrected chi connectivity index (χ1v) is 7.84. The number of hydrogen-bond donors (Lipinski definition) is 1. The smallest absolute Gasteiger partial charge is 0.168 e. The zero-order chi connectivity index (χ0) is 17.1. The Labute approximate surface area is 157 Å². The van der Waals surface area contributed by atoms with Gasteiger partial charge in [0, 0.05) is 17.2 Å². The Morgan fingerprint density at radius 3 is 2.52 bits per heavy atom. The van der Waals surface area contributed by atoms with Crippen molar-refractivity contribution < 1.29 is 17.0 Å². The molecular formula is C17H18Cl2N6. The van der Waals surface area contributed by atoms with Crippen LogP contribution >= 0.6 is 11.6 Å². The second-order valence-corrected chi connectivity index (χ2v) is 6.01. The number of nitrogens with two attached hydrogens (primary N) is 1. The summed E-state index contributed by atoms with van der Waals surface area (Å²) in [7, 11) is 1.98. The van der Waals surface area contributed by atoms with Crippen LogP contribution in [-0.4, -0.2) is 9.78 Å².